The molecule has 0 heterocycles. The lowest BCUT2D eigenvalue weighted by Crippen LogP contribution is -2.34. The number of nitrogens with one attached hydrogen (secondary N) is 1. The van der Waals surface area contributed by atoms with Gasteiger partial charge in [-0.25, -0.2) is 4.79 Å². The predicted octanol–water partition coefficient (Wildman–Crippen LogP) is 3.25. The van der Waals surface area contributed by atoms with E-state index < -0.39 is 18.8 Å². The lowest BCUT2D eigenvalue weighted by atomic mass is 9.87. The minimum atomic E-state index is -4.39. The zero-order valence-electron chi connectivity index (χ0n) is 9.68. The van der Waals surface area contributed by atoms with Crippen molar-refractivity contribution in [3.05, 3.63) is 0 Å². The minimum absolute atomic E-state index is 0.203. The molecular weight excluding hydrogens is 235 g/mol. The maximum absolute atomic E-state index is 11.8. The summed E-state index contributed by atoms with van der Waals surface area (Å²) in [6, 6.07) is 0. The van der Waals surface area contributed by atoms with Crippen LogP contribution < -0.4 is 5.32 Å². The summed E-state index contributed by atoms with van der Waals surface area (Å²) in [5, 5.41) is 1.67. The summed E-state index contributed by atoms with van der Waals surface area (Å²) in [4.78, 5) is 10.9. The van der Waals surface area contributed by atoms with Crippen LogP contribution in [0, 0.1) is 5.92 Å². The Kier molecular flexibility index (Phi) is 5.58. The molecule has 1 rings (SSSR count). The normalized spacial score (nSPS) is 17.8. The topological polar surface area (TPSA) is 38.3 Å². The number of hydrogen-bond acceptors (Lipinski definition) is 2. The number of carbonyl (C=O) groups is 1. The molecule has 0 bridgehead atoms. The van der Waals surface area contributed by atoms with Crippen LogP contribution in [0.2, 0.25) is 0 Å². The third-order valence-electron chi connectivity index (χ3n) is 2.92. The summed E-state index contributed by atoms with van der Waals surface area (Å²) in [7, 11) is 0. The molecule has 1 N–H and O–H groups in total. The first-order chi connectivity index (χ1) is 7.97. The number of alkyl carbamates (subject to hydrolysis) is 1. The summed E-state index contributed by atoms with van der Waals surface area (Å²) in [5.74, 6) is 0.555. The molecular formula is C11H18F3NO2. The van der Waals surface area contributed by atoms with E-state index >= 15 is 0 Å². The molecule has 1 saturated carbocycles. The fourth-order valence-corrected chi connectivity index (χ4v) is 2.02. The highest BCUT2D eigenvalue weighted by molar-refractivity contribution is 5.67. The highest BCUT2D eigenvalue weighted by Crippen LogP contribution is 2.26. The average Bonchev–Trinajstić information content (AvgIpc) is 2.27. The largest absolute Gasteiger partial charge is 0.450 e. The molecule has 1 amide bonds. The van der Waals surface area contributed by atoms with Crippen LogP contribution in [0.1, 0.15) is 38.5 Å². The van der Waals surface area contributed by atoms with E-state index in [2.05, 4.69) is 0 Å². The number of alkyl halides is 3. The number of hydrogen-bond donors (Lipinski definition) is 1. The van der Waals surface area contributed by atoms with E-state index in [4.69, 9.17) is 4.74 Å². The second-order valence-corrected chi connectivity index (χ2v) is 4.40. The Morgan fingerprint density at radius 1 is 1.24 bits per heavy atom. The van der Waals surface area contributed by atoms with E-state index in [1.807, 2.05) is 0 Å². The molecule has 0 spiro atoms. The number of rotatable bonds is 4. The summed E-state index contributed by atoms with van der Waals surface area (Å²) in [6.07, 6.45) is 1.29. The summed E-state index contributed by atoms with van der Waals surface area (Å²) in [5.41, 5.74) is 0. The molecule has 0 unspecified atom stereocenters. The fourth-order valence-electron chi connectivity index (χ4n) is 2.02. The Hall–Kier alpha value is -0.940. The van der Waals surface area contributed by atoms with E-state index in [1.165, 1.54) is 19.3 Å². The third-order valence-corrected chi connectivity index (χ3v) is 2.92. The molecule has 17 heavy (non-hydrogen) atoms. The van der Waals surface area contributed by atoms with E-state index in [-0.39, 0.29) is 6.61 Å². The van der Waals surface area contributed by atoms with Crippen molar-refractivity contribution in [2.75, 3.05) is 13.2 Å². The molecule has 0 radical (unpaired) electrons. The van der Waals surface area contributed by atoms with Crippen LogP contribution in [-0.4, -0.2) is 25.4 Å². The Labute approximate surface area is 98.7 Å². The smallest absolute Gasteiger partial charge is 0.407 e. The maximum Gasteiger partial charge on any atom is 0.407 e. The van der Waals surface area contributed by atoms with Crippen LogP contribution in [0.25, 0.3) is 0 Å². The average molecular weight is 253 g/mol. The SMILES string of the molecule is O=C(NCC(F)(F)F)OCCC1CCCCC1. The second kappa shape index (κ2) is 6.71. The van der Waals surface area contributed by atoms with Gasteiger partial charge in [0.1, 0.15) is 6.54 Å². The van der Waals surface area contributed by atoms with Gasteiger partial charge in [0.25, 0.3) is 0 Å². The van der Waals surface area contributed by atoms with Crippen LogP contribution in [0.3, 0.4) is 0 Å². The second-order valence-electron chi connectivity index (χ2n) is 4.40. The lowest BCUT2D eigenvalue weighted by molar-refractivity contribution is -0.123. The number of ether oxygens (including phenoxy) is 1. The van der Waals surface area contributed by atoms with Crippen LogP contribution >= 0.6 is 0 Å². The molecule has 1 aliphatic carbocycles. The van der Waals surface area contributed by atoms with Gasteiger partial charge in [-0.1, -0.05) is 32.1 Å². The van der Waals surface area contributed by atoms with E-state index in [9.17, 15) is 18.0 Å². The Morgan fingerprint density at radius 3 is 2.47 bits per heavy atom. The molecule has 1 fully saturated rings. The van der Waals surface area contributed by atoms with Gasteiger partial charge in [0.15, 0.2) is 0 Å². The lowest BCUT2D eigenvalue weighted by Gasteiger charge is -2.21. The fraction of sp³-hybridized carbons (Fsp3) is 0.909. The Morgan fingerprint density at radius 2 is 1.88 bits per heavy atom. The first-order valence-electron chi connectivity index (χ1n) is 5.95. The van der Waals surface area contributed by atoms with Gasteiger partial charge >= 0.3 is 12.3 Å². The van der Waals surface area contributed by atoms with Crippen LogP contribution in [0.5, 0.6) is 0 Å². The molecule has 100 valence electrons. The standard InChI is InChI=1S/C11H18F3NO2/c12-11(13,14)8-15-10(16)17-7-6-9-4-2-1-3-5-9/h9H,1-8H2,(H,15,16). The van der Waals surface area contributed by atoms with Crippen molar-refractivity contribution in [3.63, 3.8) is 0 Å². The molecule has 0 aromatic carbocycles. The highest BCUT2D eigenvalue weighted by Gasteiger charge is 2.28. The van der Waals surface area contributed by atoms with Gasteiger partial charge in [-0.2, -0.15) is 13.2 Å². The molecule has 6 heteroatoms. The number of carbonyl (C=O) groups excluding carboxylic acids is 1. The van der Waals surface area contributed by atoms with Crippen LogP contribution in [0.4, 0.5) is 18.0 Å². The maximum atomic E-state index is 11.8. The number of amides is 1. The Bertz CT molecular complexity index is 237. The van der Waals surface area contributed by atoms with Gasteiger partial charge in [0.05, 0.1) is 6.61 Å². The van der Waals surface area contributed by atoms with Gasteiger partial charge in [-0.15, -0.1) is 0 Å². The van der Waals surface area contributed by atoms with Crippen molar-refractivity contribution >= 4 is 6.09 Å². The van der Waals surface area contributed by atoms with Gasteiger partial charge in [0, 0.05) is 0 Å². The minimum Gasteiger partial charge on any atom is -0.450 e. The van der Waals surface area contributed by atoms with Crippen molar-refractivity contribution in [2.45, 2.75) is 44.7 Å². The number of halogens is 3. The zero-order chi connectivity index (χ0) is 12.7. The van der Waals surface area contributed by atoms with Gasteiger partial charge in [-0.05, 0) is 12.3 Å². The van der Waals surface area contributed by atoms with Crippen molar-refractivity contribution < 1.29 is 22.7 Å². The monoisotopic (exact) mass is 253 g/mol. The van der Waals surface area contributed by atoms with Crippen molar-refractivity contribution in [1.82, 2.24) is 5.32 Å². The first-order valence-corrected chi connectivity index (χ1v) is 5.95. The molecule has 0 aromatic heterocycles. The molecule has 0 aromatic rings. The van der Waals surface area contributed by atoms with Crippen LogP contribution in [0.15, 0.2) is 0 Å². The quantitative estimate of drug-likeness (QED) is 0.835. The van der Waals surface area contributed by atoms with E-state index in [0.29, 0.717) is 5.92 Å². The van der Waals surface area contributed by atoms with Crippen molar-refractivity contribution in [1.29, 1.82) is 0 Å². The van der Waals surface area contributed by atoms with Crippen molar-refractivity contribution in [2.24, 2.45) is 5.92 Å². The van der Waals surface area contributed by atoms with Gasteiger partial charge in [0.2, 0.25) is 0 Å². The molecule has 1 aliphatic rings. The zero-order valence-corrected chi connectivity index (χ0v) is 9.68. The summed E-state index contributed by atoms with van der Waals surface area (Å²) < 4.78 is 40.0. The summed E-state index contributed by atoms with van der Waals surface area (Å²) >= 11 is 0. The predicted molar refractivity (Wildman–Crippen MR) is 56.6 cm³/mol. The van der Waals surface area contributed by atoms with Gasteiger partial charge < -0.3 is 10.1 Å². The first kappa shape index (κ1) is 14.1. The third kappa shape index (κ3) is 7.07. The highest BCUT2D eigenvalue weighted by atomic mass is 19.4. The molecule has 0 saturated heterocycles. The molecule has 0 atom stereocenters. The van der Waals surface area contributed by atoms with Crippen molar-refractivity contribution in [3.8, 4) is 0 Å². The van der Waals surface area contributed by atoms with Crippen LogP contribution in [-0.2, 0) is 4.74 Å². The Balaban J connectivity index is 2.03. The molecule has 0 aliphatic heterocycles. The summed E-state index contributed by atoms with van der Waals surface area (Å²) in [6.45, 7) is -1.14. The van der Waals surface area contributed by atoms with E-state index in [0.717, 1.165) is 19.3 Å². The van der Waals surface area contributed by atoms with Gasteiger partial charge in [-0.3, -0.25) is 0 Å². The van der Waals surface area contributed by atoms with E-state index in [1.54, 1.807) is 5.32 Å². The molecule has 3 nitrogen and oxygen atoms in total.